The smallest absolute Gasteiger partial charge is 0.244 e. The van der Waals surface area contributed by atoms with E-state index in [1.54, 1.807) is 6.08 Å². The summed E-state index contributed by atoms with van der Waals surface area (Å²) in [5, 5.41) is 5.22. The van der Waals surface area contributed by atoms with Crippen LogP contribution in [-0.4, -0.2) is 24.4 Å². The van der Waals surface area contributed by atoms with Crippen molar-refractivity contribution in [1.82, 2.24) is 10.6 Å². The molecular formula is C13H14N2O2. The fraction of sp³-hybridized carbons (Fsp3) is 0.231. The maximum absolute atomic E-state index is 11.4. The van der Waals surface area contributed by atoms with E-state index in [9.17, 15) is 9.59 Å². The Morgan fingerprint density at radius 3 is 2.76 bits per heavy atom. The maximum Gasteiger partial charge on any atom is 0.244 e. The molecule has 0 saturated carbocycles. The number of carbonyl (C=O) groups is 2. The SMILES string of the molecule is O=C(C/C=C/c1ccccc1)N[C@H]1CNC1=O. The van der Waals surface area contributed by atoms with Crippen molar-refractivity contribution >= 4 is 17.9 Å². The Kier molecular flexibility index (Phi) is 3.55. The molecule has 0 aliphatic carbocycles. The number of β-lactam (4-membered cyclic amide) rings is 1. The first-order valence-electron chi connectivity index (χ1n) is 5.54. The minimum absolute atomic E-state index is 0.106. The second kappa shape index (κ2) is 5.30. The second-order valence-electron chi connectivity index (χ2n) is 3.88. The molecule has 0 spiro atoms. The van der Waals surface area contributed by atoms with Crippen LogP contribution in [0.15, 0.2) is 36.4 Å². The van der Waals surface area contributed by atoms with Crippen molar-refractivity contribution in [3.63, 3.8) is 0 Å². The van der Waals surface area contributed by atoms with E-state index in [2.05, 4.69) is 10.6 Å². The second-order valence-corrected chi connectivity index (χ2v) is 3.88. The summed E-state index contributed by atoms with van der Waals surface area (Å²) in [6, 6.07) is 9.42. The first-order valence-corrected chi connectivity index (χ1v) is 5.54. The van der Waals surface area contributed by atoms with Gasteiger partial charge in [-0.15, -0.1) is 0 Å². The fourth-order valence-corrected chi connectivity index (χ4v) is 1.52. The minimum Gasteiger partial charge on any atom is -0.352 e. The molecule has 1 aliphatic heterocycles. The zero-order valence-corrected chi connectivity index (χ0v) is 9.35. The molecule has 4 nitrogen and oxygen atoms in total. The van der Waals surface area contributed by atoms with Crippen molar-refractivity contribution in [1.29, 1.82) is 0 Å². The largest absolute Gasteiger partial charge is 0.352 e. The summed E-state index contributed by atoms with van der Waals surface area (Å²) < 4.78 is 0. The van der Waals surface area contributed by atoms with E-state index in [1.165, 1.54) is 0 Å². The monoisotopic (exact) mass is 230 g/mol. The van der Waals surface area contributed by atoms with Gasteiger partial charge in [-0.1, -0.05) is 42.5 Å². The highest BCUT2D eigenvalue weighted by molar-refractivity contribution is 5.92. The van der Waals surface area contributed by atoms with Crippen LogP contribution >= 0.6 is 0 Å². The van der Waals surface area contributed by atoms with E-state index in [-0.39, 0.29) is 17.9 Å². The number of benzene rings is 1. The van der Waals surface area contributed by atoms with E-state index in [4.69, 9.17) is 0 Å². The van der Waals surface area contributed by atoms with E-state index < -0.39 is 0 Å². The third kappa shape index (κ3) is 3.17. The van der Waals surface area contributed by atoms with E-state index in [0.29, 0.717) is 13.0 Å². The van der Waals surface area contributed by atoms with E-state index >= 15 is 0 Å². The van der Waals surface area contributed by atoms with Gasteiger partial charge in [-0.3, -0.25) is 9.59 Å². The summed E-state index contributed by atoms with van der Waals surface area (Å²) in [4.78, 5) is 22.4. The molecule has 17 heavy (non-hydrogen) atoms. The fourth-order valence-electron chi connectivity index (χ4n) is 1.52. The Hall–Kier alpha value is -2.10. The summed E-state index contributed by atoms with van der Waals surface area (Å²) in [5.74, 6) is -0.234. The van der Waals surface area contributed by atoms with Crippen LogP contribution in [0.5, 0.6) is 0 Å². The summed E-state index contributed by atoms with van der Waals surface area (Å²) in [6.07, 6.45) is 3.97. The number of amides is 2. The first-order chi connectivity index (χ1) is 8.25. The van der Waals surface area contributed by atoms with Crippen LogP contribution in [0.4, 0.5) is 0 Å². The van der Waals surface area contributed by atoms with Gasteiger partial charge in [0.15, 0.2) is 0 Å². The predicted octanol–water partition coefficient (Wildman–Crippen LogP) is 0.705. The molecular weight excluding hydrogens is 216 g/mol. The normalized spacial score (nSPS) is 18.6. The Labute approximate surface area is 99.7 Å². The average Bonchev–Trinajstić information content (AvgIpc) is 2.35. The molecule has 4 heteroatoms. The minimum atomic E-state index is -0.340. The highest BCUT2D eigenvalue weighted by Crippen LogP contribution is 2.02. The standard InChI is InChI=1S/C13H14N2O2/c16-12(15-11-9-14-13(11)17)8-4-7-10-5-2-1-3-6-10/h1-7,11H,8-9H2,(H,14,17)(H,15,16)/b7-4+/t11-/m0/s1. The Morgan fingerprint density at radius 2 is 2.18 bits per heavy atom. The Balaban J connectivity index is 1.76. The third-order valence-corrected chi connectivity index (χ3v) is 2.55. The number of nitrogens with one attached hydrogen (secondary N) is 2. The Morgan fingerprint density at radius 1 is 1.41 bits per heavy atom. The predicted molar refractivity (Wildman–Crippen MR) is 65.0 cm³/mol. The molecule has 0 bridgehead atoms. The summed E-state index contributed by atoms with van der Waals surface area (Å²) in [5.41, 5.74) is 1.06. The molecule has 1 aliphatic rings. The summed E-state index contributed by atoms with van der Waals surface area (Å²) in [6.45, 7) is 0.535. The number of rotatable bonds is 4. The van der Waals surface area contributed by atoms with Crippen LogP contribution in [0.2, 0.25) is 0 Å². The molecule has 2 rings (SSSR count). The lowest BCUT2D eigenvalue weighted by Gasteiger charge is -2.26. The highest BCUT2D eigenvalue weighted by atomic mass is 16.2. The quantitative estimate of drug-likeness (QED) is 0.748. The van der Waals surface area contributed by atoms with Crippen molar-refractivity contribution < 1.29 is 9.59 Å². The van der Waals surface area contributed by atoms with Crippen LogP contribution in [0, 0.1) is 0 Å². The highest BCUT2D eigenvalue weighted by Gasteiger charge is 2.28. The third-order valence-electron chi connectivity index (χ3n) is 2.55. The van der Waals surface area contributed by atoms with Gasteiger partial charge < -0.3 is 10.6 Å². The van der Waals surface area contributed by atoms with Gasteiger partial charge in [0.25, 0.3) is 0 Å². The van der Waals surface area contributed by atoms with Gasteiger partial charge in [0.05, 0.1) is 0 Å². The van der Waals surface area contributed by atoms with Gasteiger partial charge in [0.1, 0.15) is 6.04 Å². The van der Waals surface area contributed by atoms with Crippen LogP contribution in [0.3, 0.4) is 0 Å². The van der Waals surface area contributed by atoms with E-state index in [0.717, 1.165) is 5.56 Å². The first kappa shape index (κ1) is 11.4. The van der Waals surface area contributed by atoms with Gasteiger partial charge in [0, 0.05) is 13.0 Å². The summed E-state index contributed by atoms with van der Waals surface area (Å²) >= 11 is 0. The van der Waals surface area contributed by atoms with Crippen molar-refractivity contribution in [3.8, 4) is 0 Å². The molecule has 2 amide bonds. The maximum atomic E-state index is 11.4. The lowest BCUT2D eigenvalue weighted by molar-refractivity contribution is -0.133. The van der Waals surface area contributed by atoms with Gasteiger partial charge in [-0.25, -0.2) is 0 Å². The van der Waals surface area contributed by atoms with Crippen LogP contribution in [0.25, 0.3) is 6.08 Å². The molecule has 1 saturated heterocycles. The molecule has 1 heterocycles. The summed E-state index contributed by atoms with van der Waals surface area (Å²) in [7, 11) is 0. The zero-order valence-electron chi connectivity index (χ0n) is 9.35. The van der Waals surface area contributed by atoms with Crippen LogP contribution < -0.4 is 10.6 Å². The van der Waals surface area contributed by atoms with E-state index in [1.807, 2.05) is 36.4 Å². The zero-order chi connectivity index (χ0) is 12.1. The Bertz CT molecular complexity index is 440. The molecule has 2 N–H and O–H groups in total. The number of hydrogen-bond donors (Lipinski definition) is 2. The van der Waals surface area contributed by atoms with Crippen molar-refractivity contribution in [2.24, 2.45) is 0 Å². The molecule has 88 valence electrons. The van der Waals surface area contributed by atoms with Crippen LogP contribution in [0.1, 0.15) is 12.0 Å². The topological polar surface area (TPSA) is 58.2 Å². The van der Waals surface area contributed by atoms with Gasteiger partial charge >= 0.3 is 0 Å². The average molecular weight is 230 g/mol. The van der Waals surface area contributed by atoms with Crippen molar-refractivity contribution in [2.75, 3.05) is 6.54 Å². The molecule has 0 aromatic heterocycles. The van der Waals surface area contributed by atoms with Gasteiger partial charge in [-0.05, 0) is 5.56 Å². The van der Waals surface area contributed by atoms with Crippen LogP contribution in [-0.2, 0) is 9.59 Å². The lowest BCUT2D eigenvalue weighted by Crippen LogP contribution is -2.61. The molecule has 1 aromatic rings. The van der Waals surface area contributed by atoms with Gasteiger partial charge in [0.2, 0.25) is 11.8 Å². The lowest BCUT2D eigenvalue weighted by atomic mass is 10.1. The number of carbonyl (C=O) groups excluding carboxylic acids is 2. The molecule has 1 aromatic carbocycles. The molecule has 1 fully saturated rings. The van der Waals surface area contributed by atoms with Crippen molar-refractivity contribution in [2.45, 2.75) is 12.5 Å². The van der Waals surface area contributed by atoms with Crippen molar-refractivity contribution in [3.05, 3.63) is 42.0 Å². The molecule has 0 radical (unpaired) electrons. The van der Waals surface area contributed by atoms with Gasteiger partial charge in [-0.2, -0.15) is 0 Å². The molecule has 0 unspecified atom stereocenters. The molecule has 1 atom stereocenters. The number of hydrogen-bond acceptors (Lipinski definition) is 2.